The van der Waals surface area contributed by atoms with Gasteiger partial charge in [-0.15, -0.1) is 12.4 Å². The van der Waals surface area contributed by atoms with Crippen LogP contribution >= 0.6 is 28.3 Å². The Balaban J connectivity index is 0.00000169. The number of rotatable bonds is 2. The molecule has 1 atom stereocenters. The van der Waals surface area contributed by atoms with E-state index in [1.54, 1.807) is 0 Å². The molecule has 80 valence electrons. The Morgan fingerprint density at radius 2 is 1.79 bits per heavy atom. The fourth-order valence-electron chi connectivity index (χ4n) is 1.60. The lowest BCUT2D eigenvalue weighted by Gasteiger charge is -2.15. The van der Waals surface area contributed by atoms with Crippen molar-refractivity contribution in [1.82, 2.24) is 0 Å². The van der Waals surface area contributed by atoms with Crippen LogP contribution in [-0.2, 0) is 0 Å². The van der Waals surface area contributed by atoms with Crippen molar-refractivity contribution in [2.75, 3.05) is 6.61 Å². The van der Waals surface area contributed by atoms with Crippen LogP contribution in [0.15, 0.2) is 16.6 Å². The van der Waals surface area contributed by atoms with Gasteiger partial charge in [0, 0.05) is 4.47 Å². The van der Waals surface area contributed by atoms with E-state index >= 15 is 0 Å². The summed E-state index contributed by atoms with van der Waals surface area (Å²) >= 11 is 3.41. The molecule has 0 saturated carbocycles. The van der Waals surface area contributed by atoms with Crippen molar-refractivity contribution in [2.45, 2.75) is 19.9 Å². The van der Waals surface area contributed by atoms with Crippen molar-refractivity contribution in [2.24, 2.45) is 5.73 Å². The first-order valence-corrected chi connectivity index (χ1v) is 4.98. The minimum absolute atomic E-state index is 0. The zero-order valence-electron chi connectivity index (χ0n) is 8.25. The highest BCUT2D eigenvalue weighted by molar-refractivity contribution is 9.10. The van der Waals surface area contributed by atoms with Gasteiger partial charge in [-0.05, 0) is 42.7 Å². The summed E-state index contributed by atoms with van der Waals surface area (Å²) in [7, 11) is 0. The zero-order chi connectivity index (χ0) is 10.0. The average Bonchev–Trinajstić information content (AvgIpc) is 2.02. The number of halogens is 2. The van der Waals surface area contributed by atoms with E-state index in [2.05, 4.69) is 15.9 Å². The highest BCUT2D eigenvalue weighted by Crippen LogP contribution is 2.24. The van der Waals surface area contributed by atoms with Crippen LogP contribution in [0, 0.1) is 13.8 Å². The maximum Gasteiger partial charge on any atom is 0.0624 e. The first-order chi connectivity index (χ1) is 6.06. The van der Waals surface area contributed by atoms with E-state index in [1.165, 1.54) is 0 Å². The molecule has 0 radical (unpaired) electrons. The van der Waals surface area contributed by atoms with E-state index in [1.807, 2.05) is 26.0 Å². The van der Waals surface area contributed by atoms with Crippen LogP contribution < -0.4 is 5.73 Å². The lowest BCUT2D eigenvalue weighted by Crippen LogP contribution is -2.17. The Hall–Kier alpha value is -0.0900. The van der Waals surface area contributed by atoms with Crippen LogP contribution in [0.3, 0.4) is 0 Å². The highest BCUT2D eigenvalue weighted by Gasteiger charge is 2.11. The maximum absolute atomic E-state index is 8.97. The fraction of sp³-hybridized carbons (Fsp3) is 0.400. The normalized spacial score (nSPS) is 12.1. The van der Waals surface area contributed by atoms with Crippen LogP contribution in [-0.4, -0.2) is 11.7 Å². The SMILES string of the molecule is Cc1cc(Br)cc(C)c1C(N)CO.Cl. The molecule has 0 amide bonds. The van der Waals surface area contributed by atoms with Crippen molar-refractivity contribution in [3.05, 3.63) is 33.3 Å². The van der Waals surface area contributed by atoms with E-state index in [4.69, 9.17) is 10.8 Å². The maximum atomic E-state index is 8.97. The van der Waals surface area contributed by atoms with Gasteiger partial charge < -0.3 is 10.8 Å². The standard InChI is InChI=1S/C10H14BrNO.ClH/c1-6-3-8(11)4-7(2)10(6)9(12)5-13;/h3-4,9,13H,5,12H2,1-2H3;1H. The number of benzene rings is 1. The molecule has 1 aromatic rings. The summed E-state index contributed by atoms with van der Waals surface area (Å²) < 4.78 is 1.05. The molecule has 0 aliphatic heterocycles. The zero-order valence-corrected chi connectivity index (χ0v) is 10.7. The van der Waals surface area contributed by atoms with Gasteiger partial charge in [0.15, 0.2) is 0 Å². The largest absolute Gasteiger partial charge is 0.394 e. The smallest absolute Gasteiger partial charge is 0.0624 e. The molecule has 0 bridgehead atoms. The molecule has 0 spiro atoms. The van der Waals surface area contributed by atoms with Gasteiger partial charge in [0.05, 0.1) is 12.6 Å². The van der Waals surface area contributed by atoms with Gasteiger partial charge in [-0.1, -0.05) is 15.9 Å². The lowest BCUT2D eigenvalue weighted by molar-refractivity contribution is 0.267. The topological polar surface area (TPSA) is 46.2 Å². The van der Waals surface area contributed by atoms with Gasteiger partial charge >= 0.3 is 0 Å². The summed E-state index contributed by atoms with van der Waals surface area (Å²) in [5, 5.41) is 8.97. The molecule has 1 aromatic carbocycles. The summed E-state index contributed by atoms with van der Waals surface area (Å²) in [4.78, 5) is 0. The quantitative estimate of drug-likeness (QED) is 0.874. The third-order valence-electron chi connectivity index (χ3n) is 2.13. The van der Waals surface area contributed by atoms with Gasteiger partial charge in [-0.2, -0.15) is 0 Å². The van der Waals surface area contributed by atoms with E-state index in [-0.39, 0.29) is 25.1 Å². The molecule has 1 unspecified atom stereocenters. The fourth-order valence-corrected chi connectivity index (χ4v) is 2.28. The molecule has 0 aliphatic rings. The van der Waals surface area contributed by atoms with Crippen LogP contribution in [0.4, 0.5) is 0 Å². The molecule has 0 heterocycles. The molecule has 4 heteroatoms. The lowest BCUT2D eigenvalue weighted by atomic mass is 9.97. The Morgan fingerprint density at radius 1 is 1.36 bits per heavy atom. The van der Waals surface area contributed by atoms with E-state index in [0.717, 1.165) is 21.2 Å². The first kappa shape index (κ1) is 13.9. The number of aryl methyl sites for hydroxylation is 2. The third kappa shape index (κ3) is 2.95. The molecular weight excluding hydrogens is 265 g/mol. The van der Waals surface area contributed by atoms with Crippen LogP contribution in [0.1, 0.15) is 22.7 Å². The molecular formula is C10H15BrClNO. The Morgan fingerprint density at radius 3 is 2.14 bits per heavy atom. The average molecular weight is 281 g/mol. The summed E-state index contributed by atoms with van der Waals surface area (Å²) in [6, 6.07) is 3.75. The molecule has 14 heavy (non-hydrogen) atoms. The number of nitrogens with two attached hydrogens (primary N) is 1. The van der Waals surface area contributed by atoms with Crippen molar-refractivity contribution in [3.8, 4) is 0 Å². The predicted octanol–water partition coefficient (Wildman–Crippen LogP) is 2.48. The monoisotopic (exact) mass is 279 g/mol. The van der Waals surface area contributed by atoms with E-state index in [9.17, 15) is 0 Å². The number of aliphatic hydroxyl groups excluding tert-OH is 1. The van der Waals surface area contributed by atoms with Gasteiger partial charge in [-0.25, -0.2) is 0 Å². The third-order valence-corrected chi connectivity index (χ3v) is 2.58. The van der Waals surface area contributed by atoms with Gasteiger partial charge in [-0.3, -0.25) is 0 Å². The number of hydrogen-bond donors (Lipinski definition) is 2. The summed E-state index contributed by atoms with van der Waals surface area (Å²) in [5.41, 5.74) is 9.07. The van der Waals surface area contributed by atoms with Gasteiger partial charge in [0.2, 0.25) is 0 Å². The van der Waals surface area contributed by atoms with Gasteiger partial charge in [0.25, 0.3) is 0 Å². The van der Waals surface area contributed by atoms with Crippen molar-refractivity contribution < 1.29 is 5.11 Å². The Bertz CT molecular complexity index is 294. The molecule has 0 fully saturated rings. The van der Waals surface area contributed by atoms with E-state index < -0.39 is 0 Å². The Kier molecular flexibility index (Phi) is 5.67. The Labute approximate surface area is 99.0 Å². The molecule has 1 rings (SSSR count). The molecule has 0 saturated heterocycles. The van der Waals surface area contributed by atoms with Gasteiger partial charge in [0.1, 0.15) is 0 Å². The first-order valence-electron chi connectivity index (χ1n) is 4.19. The second-order valence-electron chi connectivity index (χ2n) is 3.24. The predicted molar refractivity (Wildman–Crippen MR) is 64.9 cm³/mol. The second-order valence-corrected chi connectivity index (χ2v) is 4.16. The molecule has 3 N–H and O–H groups in total. The molecule has 0 aromatic heterocycles. The van der Waals surface area contributed by atoms with Crippen molar-refractivity contribution in [1.29, 1.82) is 0 Å². The molecule has 2 nitrogen and oxygen atoms in total. The van der Waals surface area contributed by atoms with Crippen LogP contribution in [0.2, 0.25) is 0 Å². The van der Waals surface area contributed by atoms with E-state index in [0.29, 0.717) is 0 Å². The van der Waals surface area contributed by atoms with Crippen LogP contribution in [0.5, 0.6) is 0 Å². The minimum atomic E-state index is -0.270. The van der Waals surface area contributed by atoms with Crippen LogP contribution in [0.25, 0.3) is 0 Å². The number of hydrogen-bond acceptors (Lipinski definition) is 2. The number of aliphatic hydroxyl groups is 1. The second kappa shape index (κ2) is 5.71. The van der Waals surface area contributed by atoms with Crippen molar-refractivity contribution >= 4 is 28.3 Å². The summed E-state index contributed by atoms with van der Waals surface area (Å²) in [6.45, 7) is 3.99. The highest BCUT2D eigenvalue weighted by atomic mass is 79.9. The summed E-state index contributed by atoms with van der Waals surface area (Å²) in [5.74, 6) is 0. The summed E-state index contributed by atoms with van der Waals surface area (Å²) in [6.07, 6.45) is 0. The van der Waals surface area contributed by atoms with Crippen molar-refractivity contribution in [3.63, 3.8) is 0 Å². The molecule has 0 aliphatic carbocycles. The minimum Gasteiger partial charge on any atom is -0.394 e.